The summed E-state index contributed by atoms with van der Waals surface area (Å²) in [6.45, 7) is 13.5. The minimum absolute atomic E-state index is 0.0676. The zero-order chi connectivity index (χ0) is 21.6. The number of nitrogens with two attached hydrogens (primary N) is 1. The Kier molecular flexibility index (Phi) is 21.6. The lowest BCUT2D eigenvalue weighted by Gasteiger charge is -2.25. The highest BCUT2D eigenvalue weighted by Crippen LogP contribution is 2.11. The lowest BCUT2D eigenvalue weighted by Crippen LogP contribution is -2.38. The van der Waals surface area contributed by atoms with Crippen LogP contribution in [-0.4, -0.2) is 68.2 Å². The van der Waals surface area contributed by atoms with E-state index in [-0.39, 0.29) is 5.97 Å². The predicted molar refractivity (Wildman–Crippen MR) is 125 cm³/mol. The van der Waals surface area contributed by atoms with Crippen molar-refractivity contribution in [3.8, 4) is 0 Å². The number of esters is 1. The van der Waals surface area contributed by atoms with Crippen molar-refractivity contribution < 1.29 is 9.53 Å². The second-order valence-corrected chi connectivity index (χ2v) is 8.16. The fourth-order valence-corrected chi connectivity index (χ4v) is 3.61. The first-order valence-electron chi connectivity index (χ1n) is 12.5. The summed E-state index contributed by atoms with van der Waals surface area (Å²) in [7, 11) is 0. The highest BCUT2D eigenvalue weighted by Gasteiger charge is 2.10. The van der Waals surface area contributed by atoms with Crippen molar-refractivity contribution in [1.82, 2.24) is 9.80 Å². The van der Waals surface area contributed by atoms with Crippen molar-refractivity contribution in [2.45, 2.75) is 97.8 Å². The topological polar surface area (TPSA) is 58.8 Å². The van der Waals surface area contributed by atoms with Crippen LogP contribution >= 0.6 is 0 Å². The molecule has 0 saturated heterocycles. The largest absolute Gasteiger partial charge is 0.466 e. The molecular weight excluding hydrogens is 362 g/mol. The van der Waals surface area contributed by atoms with Crippen molar-refractivity contribution in [1.29, 1.82) is 0 Å². The molecule has 5 heteroatoms. The van der Waals surface area contributed by atoms with E-state index in [9.17, 15) is 4.79 Å². The normalized spacial score (nSPS) is 11.5. The molecule has 0 spiro atoms. The van der Waals surface area contributed by atoms with Gasteiger partial charge in [0.2, 0.25) is 0 Å². The number of likely N-dealkylation sites (N-methyl/N-ethyl adjacent to an activating group) is 1. The van der Waals surface area contributed by atoms with Crippen LogP contribution in [0.1, 0.15) is 97.8 Å². The maximum Gasteiger partial charge on any atom is 0.307 e. The monoisotopic (exact) mass is 413 g/mol. The van der Waals surface area contributed by atoms with Crippen LogP contribution < -0.4 is 5.73 Å². The van der Waals surface area contributed by atoms with Crippen LogP contribution in [0.3, 0.4) is 0 Å². The van der Waals surface area contributed by atoms with Crippen molar-refractivity contribution in [2.24, 2.45) is 5.73 Å². The van der Waals surface area contributed by atoms with Crippen LogP contribution in [0, 0.1) is 0 Å². The molecule has 0 aromatic carbocycles. The Balaban J connectivity index is 3.59. The minimum atomic E-state index is -0.0676. The third-order valence-corrected chi connectivity index (χ3v) is 5.72. The third-order valence-electron chi connectivity index (χ3n) is 5.72. The highest BCUT2D eigenvalue weighted by molar-refractivity contribution is 5.69. The number of ether oxygens (including phenoxy) is 1. The lowest BCUT2D eigenvalue weighted by atomic mass is 10.1. The second kappa shape index (κ2) is 22.0. The Labute approximate surface area is 181 Å². The van der Waals surface area contributed by atoms with Gasteiger partial charge in [-0.25, -0.2) is 0 Å². The van der Waals surface area contributed by atoms with Crippen molar-refractivity contribution in [3.05, 3.63) is 0 Å². The molecule has 0 aliphatic carbocycles. The maximum atomic E-state index is 12.0. The van der Waals surface area contributed by atoms with E-state index in [0.29, 0.717) is 19.6 Å². The Bertz CT molecular complexity index is 349. The van der Waals surface area contributed by atoms with Crippen LogP contribution in [0.25, 0.3) is 0 Å². The molecule has 0 aliphatic rings. The number of unbranched alkanes of at least 4 members (excludes halogenated alkanes) is 10. The Morgan fingerprint density at radius 3 is 1.72 bits per heavy atom. The molecule has 0 aromatic rings. The van der Waals surface area contributed by atoms with Gasteiger partial charge in [-0.05, 0) is 19.5 Å². The average molecular weight is 414 g/mol. The van der Waals surface area contributed by atoms with E-state index < -0.39 is 0 Å². The van der Waals surface area contributed by atoms with Gasteiger partial charge in [0.15, 0.2) is 0 Å². The number of nitrogens with zero attached hydrogens (tertiary/aromatic N) is 2. The number of hydrogen-bond acceptors (Lipinski definition) is 5. The van der Waals surface area contributed by atoms with Crippen LogP contribution in [0.2, 0.25) is 0 Å². The first-order valence-corrected chi connectivity index (χ1v) is 12.5. The Morgan fingerprint density at radius 1 is 0.690 bits per heavy atom. The summed E-state index contributed by atoms with van der Waals surface area (Å²) in [5.74, 6) is -0.0676. The SMILES string of the molecule is CCCCCCCCCCCCCOC(=O)CCN(CCN)CCN(CC)CC. The summed E-state index contributed by atoms with van der Waals surface area (Å²) < 4.78 is 5.41. The fourth-order valence-electron chi connectivity index (χ4n) is 3.61. The molecule has 29 heavy (non-hydrogen) atoms. The summed E-state index contributed by atoms with van der Waals surface area (Å²) in [6, 6.07) is 0. The zero-order valence-electron chi connectivity index (χ0n) is 19.9. The van der Waals surface area contributed by atoms with E-state index >= 15 is 0 Å². The molecule has 2 N–H and O–H groups in total. The van der Waals surface area contributed by atoms with Gasteiger partial charge in [-0.15, -0.1) is 0 Å². The molecule has 0 rings (SSSR count). The Hall–Kier alpha value is -0.650. The molecule has 0 atom stereocenters. The standard InChI is InChI=1S/C24H51N3O2/c1-4-7-8-9-10-11-12-13-14-15-16-23-29-24(28)17-19-27(20-18-25)22-21-26(5-2)6-3/h4-23,25H2,1-3H3. The molecule has 0 saturated carbocycles. The summed E-state index contributed by atoms with van der Waals surface area (Å²) in [5.41, 5.74) is 5.72. The Morgan fingerprint density at radius 2 is 1.21 bits per heavy atom. The van der Waals surface area contributed by atoms with Crippen molar-refractivity contribution in [2.75, 3.05) is 52.4 Å². The van der Waals surface area contributed by atoms with E-state index in [1.165, 1.54) is 64.2 Å². The second-order valence-electron chi connectivity index (χ2n) is 8.16. The molecule has 0 amide bonds. The molecule has 174 valence electrons. The van der Waals surface area contributed by atoms with E-state index in [2.05, 4.69) is 30.6 Å². The molecule has 5 nitrogen and oxygen atoms in total. The molecule has 0 bridgehead atoms. The van der Waals surface area contributed by atoms with Gasteiger partial charge < -0.3 is 20.3 Å². The van der Waals surface area contributed by atoms with E-state index in [4.69, 9.17) is 10.5 Å². The molecule has 0 aliphatic heterocycles. The van der Waals surface area contributed by atoms with Gasteiger partial charge >= 0.3 is 5.97 Å². The molecule has 0 aromatic heterocycles. The van der Waals surface area contributed by atoms with Gasteiger partial charge in [0.05, 0.1) is 13.0 Å². The molecule has 0 heterocycles. The van der Waals surface area contributed by atoms with Gasteiger partial charge in [0.25, 0.3) is 0 Å². The summed E-state index contributed by atoms with van der Waals surface area (Å²) in [4.78, 5) is 16.7. The van der Waals surface area contributed by atoms with Crippen molar-refractivity contribution in [3.63, 3.8) is 0 Å². The highest BCUT2D eigenvalue weighted by atomic mass is 16.5. The predicted octanol–water partition coefficient (Wildman–Crippen LogP) is 4.83. The molecule has 0 fully saturated rings. The molecular formula is C24H51N3O2. The molecule has 0 unspecified atom stereocenters. The first kappa shape index (κ1) is 28.4. The van der Waals surface area contributed by atoms with E-state index in [0.717, 1.165) is 45.7 Å². The zero-order valence-corrected chi connectivity index (χ0v) is 19.9. The average Bonchev–Trinajstić information content (AvgIpc) is 2.73. The number of hydrogen-bond donors (Lipinski definition) is 1. The number of rotatable bonds is 22. The van der Waals surface area contributed by atoms with Crippen LogP contribution in [0.4, 0.5) is 0 Å². The number of carbonyl (C=O) groups is 1. The van der Waals surface area contributed by atoms with Gasteiger partial charge in [-0.2, -0.15) is 0 Å². The van der Waals surface area contributed by atoms with Crippen molar-refractivity contribution >= 4 is 5.97 Å². The van der Waals surface area contributed by atoms with Crippen LogP contribution in [0.5, 0.6) is 0 Å². The van der Waals surface area contributed by atoms with Crippen LogP contribution in [0.15, 0.2) is 0 Å². The van der Waals surface area contributed by atoms with E-state index in [1.54, 1.807) is 0 Å². The number of carbonyl (C=O) groups excluding carboxylic acids is 1. The first-order chi connectivity index (χ1) is 14.2. The summed E-state index contributed by atoms with van der Waals surface area (Å²) in [5, 5.41) is 0. The molecule has 0 radical (unpaired) electrons. The van der Waals surface area contributed by atoms with Gasteiger partial charge in [-0.1, -0.05) is 85.0 Å². The van der Waals surface area contributed by atoms with Crippen LogP contribution in [-0.2, 0) is 9.53 Å². The summed E-state index contributed by atoms with van der Waals surface area (Å²) >= 11 is 0. The van der Waals surface area contributed by atoms with Gasteiger partial charge in [0, 0.05) is 32.7 Å². The maximum absolute atomic E-state index is 12.0. The minimum Gasteiger partial charge on any atom is -0.466 e. The lowest BCUT2D eigenvalue weighted by molar-refractivity contribution is -0.144. The fraction of sp³-hybridized carbons (Fsp3) is 0.958. The third kappa shape index (κ3) is 19.1. The van der Waals surface area contributed by atoms with E-state index in [1.807, 2.05) is 0 Å². The van der Waals surface area contributed by atoms with Gasteiger partial charge in [-0.3, -0.25) is 4.79 Å². The summed E-state index contributed by atoms with van der Waals surface area (Å²) in [6.07, 6.45) is 14.9. The smallest absolute Gasteiger partial charge is 0.307 e. The quantitative estimate of drug-likeness (QED) is 0.203. The van der Waals surface area contributed by atoms with Gasteiger partial charge in [0.1, 0.15) is 0 Å².